The van der Waals surface area contributed by atoms with E-state index in [0.29, 0.717) is 29.0 Å². The third kappa shape index (κ3) is 3.19. The third-order valence-corrected chi connectivity index (χ3v) is 4.77. The summed E-state index contributed by atoms with van der Waals surface area (Å²) in [6, 6.07) is 12.2. The molecule has 21 heavy (non-hydrogen) atoms. The number of fused-ring (bicyclic) bond motifs is 1. The summed E-state index contributed by atoms with van der Waals surface area (Å²) in [6.45, 7) is 0.640. The number of halogens is 2. The summed E-state index contributed by atoms with van der Waals surface area (Å²) in [5, 5.41) is 0.606. The Kier molecular flexibility index (Phi) is 4.41. The fraction of sp³-hybridized carbons (Fsp3) is 0.294. The van der Waals surface area contributed by atoms with Gasteiger partial charge in [0, 0.05) is 10.9 Å². The molecule has 0 heterocycles. The molecule has 3 rings (SSSR count). The van der Waals surface area contributed by atoms with Crippen molar-refractivity contribution >= 4 is 33.2 Å². The third-order valence-electron chi connectivity index (χ3n) is 3.96. The topological polar surface area (TPSA) is 35.2 Å². The van der Waals surface area contributed by atoms with Crippen molar-refractivity contribution < 1.29 is 4.74 Å². The Hall–Kier alpha value is -1.19. The number of ether oxygens (including phenoxy) is 1. The van der Waals surface area contributed by atoms with Crippen molar-refractivity contribution in [3.63, 3.8) is 0 Å². The second-order valence-corrected chi connectivity index (χ2v) is 6.70. The SMILES string of the molecule is Nc1cc(Cl)cc(Br)c1OCC1CCCc2ccccc21. The molecule has 1 aliphatic carbocycles. The van der Waals surface area contributed by atoms with Crippen LogP contribution in [0.4, 0.5) is 5.69 Å². The number of nitrogen functional groups attached to an aromatic ring is 1. The first-order valence-corrected chi connectivity index (χ1v) is 8.27. The van der Waals surface area contributed by atoms with E-state index in [1.807, 2.05) is 6.07 Å². The van der Waals surface area contributed by atoms with Crippen LogP contribution < -0.4 is 10.5 Å². The van der Waals surface area contributed by atoms with Crippen LogP contribution in [0.5, 0.6) is 5.75 Å². The van der Waals surface area contributed by atoms with E-state index in [4.69, 9.17) is 22.1 Å². The first-order chi connectivity index (χ1) is 10.1. The number of hydrogen-bond donors (Lipinski definition) is 1. The monoisotopic (exact) mass is 365 g/mol. The van der Waals surface area contributed by atoms with Gasteiger partial charge in [0.2, 0.25) is 0 Å². The molecule has 0 spiro atoms. The second kappa shape index (κ2) is 6.29. The van der Waals surface area contributed by atoms with E-state index >= 15 is 0 Å². The number of nitrogens with two attached hydrogens (primary N) is 1. The van der Waals surface area contributed by atoms with Crippen molar-refractivity contribution in [2.45, 2.75) is 25.2 Å². The summed E-state index contributed by atoms with van der Waals surface area (Å²) in [6.07, 6.45) is 3.53. The van der Waals surface area contributed by atoms with Gasteiger partial charge in [-0.3, -0.25) is 0 Å². The second-order valence-electron chi connectivity index (χ2n) is 5.40. The quantitative estimate of drug-likeness (QED) is 0.759. The fourth-order valence-corrected chi connectivity index (χ4v) is 3.89. The zero-order chi connectivity index (χ0) is 14.8. The molecule has 1 unspecified atom stereocenters. The minimum Gasteiger partial charge on any atom is -0.490 e. The zero-order valence-corrected chi connectivity index (χ0v) is 14.0. The lowest BCUT2D eigenvalue weighted by atomic mass is 9.83. The molecule has 1 aliphatic rings. The fourth-order valence-electron chi connectivity index (χ4n) is 2.94. The predicted octanol–water partition coefficient (Wildman–Crippen LogP) is 5.18. The first-order valence-electron chi connectivity index (χ1n) is 7.10. The van der Waals surface area contributed by atoms with Gasteiger partial charge in [0.05, 0.1) is 16.8 Å². The molecule has 2 nitrogen and oxygen atoms in total. The van der Waals surface area contributed by atoms with Crippen LogP contribution in [0.2, 0.25) is 5.02 Å². The molecule has 110 valence electrons. The highest BCUT2D eigenvalue weighted by molar-refractivity contribution is 9.10. The van der Waals surface area contributed by atoms with Crippen LogP contribution in [0.25, 0.3) is 0 Å². The number of benzene rings is 2. The van der Waals surface area contributed by atoms with Gasteiger partial charge in [-0.25, -0.2) is 0 Å². The summed E-state index contributed by atoms with van der Waals surface area (Å²) in [7, 11) is 0. The average Bonchev–Trinajstić information content (AvgIpc) is 2.46. The maximum atomic E-state index is 5.99. The van der Waals surface area contributed by atoms with Crippen LogP contribution in [0.3, 0.4) is 0 Å². The predicted molar refractivity (Wildman–Crippen MR) is 91.2 cm³/mol. The first kappa shape index (κ1) is 14.7. The summed E-state index contributed by atoms with van der Waals surface area (Å²) in [5.74, 6) is 1.11. The van der Waals surface area contributed by atoms with E-state index in [0.717, 1.165) is 10.9 Å². The van der Waals surface area contributed by atoms with Crippen LogP contribution >= 0.6 is 27.5 Å². The van der Waals surface area contributed by atoms with Gasteiger partial charge in [-0.1, -0.05) is 35.9 Å². The van der Waals surface area contributed by atoms with Crippen molar-refractivity contribution in [3.8, 4) is 5.75 Å². The lowest BCUT2D eigenvalue weighted by Gasteiger charge is -2.26. The highest BCUT2D eigenvalue weighted by Gasteiger charge is 2.21. The molecule has 2 N–H and O–H groups in total. The van der Waals surface area contributed by atoms with E-state index < -0.39 is 0 Å². The molecule has 0 saturated carbocycles. The molecule has 2 aromatic rings. The van der Waals surface area contributed by atoms with Crippen LogP contribution in [-0.2, 0) is 6.42 Å². The summed E-state index contributed by atoms with van der Waals surface area (Å²) in [5.41, 5.74) is 9.42. The highest BCUT2D eigenvalue weighted by Crippen LogP contribution is 2.37. The van der Waals surface area contributed by atoms with Crippen LogP contribution in [0.15, 0.2) is 40.9 Å². The molecular formula is C17H17BrClNO. The Morgan fingerprint density at radius 3 is 2.90 bits per heavy atom. The molecule has 2 aromatic carbocycles. The van der Waals surface area contributed by atoms with Crippen molar-refractivity contribution in [2.24, 2.45) is 0 Å². The molecule has 0 aliphatic heterocycles. The Labute approximate surface area is 138 Å². The maximum absolute atomic E-state index is 5.99. The summed E-state index contributed by atoms with van der Waals surface area (Å²) < 4.78 is 6.79. The van der Waals surface area contributed by atoms with E-state index in [9.17, 15) is 0 Å². The number of rotatable bonds is 3. The van der Waals surface area contributed by atoms with E-state index in [-0.39, 0.29) is 0 Å². The van der Waals surface area contributed by atoms with E-state index in [2.05, 4.69) is 40.2 Å². The molecule has 0 saturated heterocycles. The number of anilines is 1. The van der Waals surface area contributed by atoms with Gasteiger partial charge >= 0.3 is 0 Å². The molecule has 4 heteroatoms. The van der Waals surface area contributed by atoms with Crippen molar-refractivity contribution in [3.05, 3.63) is 57.0 Å². The molecular weight excluding hydrogens is 350 g/mol. The number of aryl methyl sites for hydroxylation is 1. The Morgan fingerprint density at radius 2 is 2.10 bits per heavy atom. The Bertz CT molecular complexity index is 636. The van der Waals surface area contributed by atoms with Crippen LogP contribution in [0, 0.1) is 0 Å². The van der Waals surface area contributed by atoms with Crippen molar-refractivity contribution in [2.75, 3.05) is 12.3 Å². The molecule has 0 aromatic heterocycles. The zero-order valence-electron chi connectivity index (χ0n) is 11.6. The van der Waals surface area contributed by atoms with Crippen molar-refractivity contribution in [1.29, 1.82) is 0 Å². The van der Waals surface area contributed by atoms with Crippen LogP contribution in [-0.4, -0.2) is 6.61 Å². The Balaban J connectivity index is 1.78. The lowest BCUT2D eigenvalue weighted by molar-refractivity contribution is 0.274. The van der Waals surface area contributed by atoms with Gasteiger partial charge in [-0.15, -0.1) is 0 Å². The van der Waals surface area contributed by atoms with Crippen LogP contribution in [0.1, 0.15) is 29.9 Å². The molecule has 0 amide bonds. The van der Waals surface area contributed by atoms with Gasteiger partial charge in [-0.05, 0) is 58.5 Å². The molecule has 0 bridgehead atoms. The van der Waals surface area contributed by atoms with Gasteiger partial charge in [-0.2, -0.15) is 0 Å². The summed E-state index contributed by atoms with van der Waals surface area (Å²) >= 11 is 9.44. The number of hydrogen-bond acceptors (Lipinski definition) is 2. The van der Waals surface area contributed by atoms with Gasteiger partial charge in [0.15, 0.2) is 5.75 Å². The molecule has 0 radical (unpaired) electrons. The average molecular weight is 367 g/mol. The normalized spacial score (nSPS) is 17.3. The van der Waals surface area contributed by atoms with Gasteiger partial charge < -0.3 is 10.5 Å². The van der Waals surface area contributed by atoms with Crippen molar-refractivity contribution in [1.82, 2.24) is 0 Å². The molecule has 0 fully saturated rings. The van der Waals surface area contributed by atoms with E-state index in [1.165, 1.54) is 24.0 Å². The Morgan fingerprint density at radius 1 is 1.29 bits per heavy atom. The van der Waals surface area contributed by atoms with Gasteiger partial charge in [0.1, 0.15) is 0 Å². The largest absolute Gasteiger partial charge is 0.490 e. The maximum Gasteiger partial charge on any atom is 0.156 e. The standard InChI is InChI=1S/C17H17BrClNO/c18-15-8-13(19)9-16(20)17(15)21-10-12-6-3-5-11-4-1-2-7-14(11)12/h1-2,4,7-9,12H,3,5-6,10,20H2. The highest BCUT2D eigenvalue weighted by atomic mass is 79.9. The lowest BCUT2D eigenvalue weighted by Crippen LogP contribution is -2.17. The van der Waals surface area contributed by atoms with E-state index in [1.54, 1.807) is 6.07 Å². The van der Waals surface area contributed by atoms with Gasteiger partial charge in [0.25, 0.3) is 0 Å². The molecule has 1 atom stereocenters. The summed E-state index contributed by atoms with van der Waals surface area (Å²) in [4.78, 5) is 0. The minimum absolute atomic E-state index is 0.428. The smallest absolute Gasteiger partial charge is 0.156 e. The minimum atomic E-state index is 0.428.